The molecule has 14 heavy (non-hydrogen) atoms. The van der Waals surface area contributed by atoms with Gasteiger partial charge in [-0.3, -0.25) is 9.78 Å². The van der Waals surface area contributed by atoms with Crippen LogP contribution in [0.1, 0.15) is 0 Å². The topological polar surface area (TPSA) is 71.8 Å². The maximum absolute atomic E-state index is 13.3. The Morgan fingerprint density at radius 3 is 2.93 bits per heavy atom. The van der Waals surface area contributed by atoms with E-state index in [0.29, 0.717) is 4.47 Å². The average molecular weight is 258 g/mol. The minimum atomic E-state index is -0.622. The number of nitrogen functional groups attached to an aromatic ring is 1. The van der Waals surface area contributed by atoms with Crippen molar-refractivity contribution in [3.63, 3.8) is 0 Å². The van der Waals surface area contributed by atoms with Crippen LogP contribution in [0.3, 0.4) is 0 Å². The summed E-state index contributed by atoms with van der Waals surface area (Å²) in [5.41, 5.74) is 4.98. The molecule has 0 aliphatic rings. The second-order valence-corrected chi connectivity index (χ2v) is 3.65. The van der Waals surface area contributed by atoms with Crippen molar-refractivity contribution in [3.8, 4) is 0 Å². The van der Waals surface area contributed by atoms with Crippen molar-refractivity contribution >= 4 is 32.8 Å². The predicted octanol–water partition coefficient (Wildman–Crippen LogP) is 1.41. The van der Waals surface area contributed by atoms with Gasteiger partial charge in [0.1, 0.15) is 11.2 Å². The Kier molecular flexibility index (Phi) is 1.99. The summed E-state index contributed by atoms with van der Waals surface area (Å²) < 4.78 is 13.8. The first-order chi connectivity index (χ1) is 6.58. The number of fused-ring (bicyclic) bond motifs is 1. The van der Waals surface area contributed by atoms with E-state index in [1.54, 1.807) is 0 Å². The molecule has 6 heteroatoms. The lowest BCUT2D eigenvalue weighted by atomic mass is 10.2. The van der Waals surface area contributed by atoms with Gasteiger partial charge in [-0.1, -0.05) is 15.9 Å². The van der Waals surface area contributed by atoms with E-state index < -0.39 is 11.4 Å². The molecular formula is C8H5BrFN3O. The molecule has 0 unspecified atom stereocenters. The Labute approximate surface area is 86.1 Å². The van der Waals surface area contributed by atoms with Gasteiger partial charge in [0.05, 0.1) is 5.52 Å². The van der Waals surface area contributed by atoms with Gasteiger partial charge in [-0.05, 0) is 12.1 Å². The lowest BCUT2D eigenvalue weighted by molar-refractivity contribution is 0.637. The van der Waals surface area contributed by atoms with E-state index in [-0.39, 0.29) is 16.9 Å². The number of nitrogens with one attached hydrogen (secondary N) is 1. The van der Waals surface area contributed by atoms with Crippen molar-refractivity contribution < 1.29 is 4.39 Å². The monoisotopic (exact) mass is 257 g/mol. The summed E-state index contributed by atoms with van der Waals surface area (Å²) in [6.07, 6.45) is 0. The number of H-pyrrole nitrogens is 1. The van der Waals surface area contributed by atoms with E-state index in [1.165, 1.54) is 12.1 Å². The highest BCUT2D eigenvalue weighted by molar-refractivity contribution is 9.10. The molecule has 0 aliphatic carbocycles. The quantitative estimate of drug-likeness (QED) is 0.750. The smallest absolute Gasteiger partial charge is 0.263 e. The Hall–Kier alpha value is -1.43. The van der Waals surface area contributed by atoms with Crippen LogP contribution < -0.4 is 11.3 Å². The summed E-state index contributed by atoms with van der Waals surface area (Å²) in [4.78, 5) is 17.3. The van der Waals surface area contributed by atoms with E-state index in [1.807, 2.05) is 0 Å². The van der Waals surface area contributed by atoms with E-state index >= 15 is 0 Å². The maximum Gasteiger partial charge on any atom is 0.263 e. The number of anilines is 1. The van der Waals surface area contributed by atoms with Gasteiger partial charge in [-0.2, -0.15) is 0 Å². The number of aromatic nitrogens is 2. The molecule has 0 radical (unpaired) electrons. The van der Waals surface area contributed by atoms with Crippen LogP contribution in [0.4, 0.5) is 10.3 Å². The summed E-state index contributed by atoms with van der Waals surface area (Å²) in [6.45, 7) is 0. The summed E-state index contributed by atoms with van der Waals surface area (Å²) in [6, 6.07) is 2.74. The molecule has 1 aromatic heterocycles. The Balaban J connectivity index is 3.02. The van der Waals surface area contributed by atoms with Crippen LogP contribution in [0, 0.1) is 5.82 Å². The molecule has 0 atom stereocenters. The third-order valence-corrected chi connectivity index (χ3v) is 2.20. The van der Waals surface area contributed by atoms with Gasteiger partial charge in [-0.15, -0.1) is 0 Å². The van der Waals surface area contributed by atoms with Crippen LogP contribution in [0.2, 0.25) is 0 Å². The molecule has 3 N–H and O–H groups in total. The van der Waals surface area contributed by atoms with Gasteiger partial charge < -0.3 is 5.73 Å². The number of nitrogens with two attached hydrogens (primary N) is 1. The number of halogens is 2. The number of rotatable bonds is 0. The molecule has 0 bridgehead atoms. The van der Waals surface area contributed by atoms with Crippen molar-refractivity contribution in [1.82, 2.24) is 9.97 Å². The van der Waals surface area contributed by atoms with Crippen molar-refractivity contribution in [2.45, 2.75) is 0 Å². The van der Waals surface area contributed by atoms with Crippen molar-refractivity contribution in [2.24, 2.45) is 0 Å². The highest BCUT2D eigenvalue weighted by atomic mass is 79.9. The van der Waals surface area contributed by atoms with Crippen LogP contribution >= 0.6 is 15.9 Å². The van der Waals surface area contributed by atoms with Crippen molar-refractivity contribution in [3.05, 3.63) is 32.8 Å². The molecule has 0 amide bonds. The number of benzene rings is 1. The normalized spacial score (nSPS) is 10.7. The van der Waals surface area contributed by atoms with Crippen LogP contribution in [-0.4, -0.2) is 9.97 Å². The summed E-state index contributed by atoms with van der Waals surface area (Å²) in [7, 11) is 0. The second kappa shape index (κ2) is 3.06. The third kappa shape index (κ3) is 1.37. The third-order valence-electron chi connectivity index (χ3n) is 1.74. The summed E-state index contributed by atoms with van der Waals surface area (Å²) in [5, 5.41) is -0.0811. The Morgan fingerprint density at radius 1 is 1.50 bits per heavy atom. The molecular weight excluding hydrogens is 253 g/mol. The molecule has 0 saturated heterocycles. The molecule has 0 saturated carbocycles. The summed E-state index contributed by atoms with van der Waals surface area (Å²) in [5.74, 6) is -0.650. The van der Waals surface area contributed by atoms with Gasteiger partial charge in [0.2, 0.25) is 5.95 Å². The molecule has 0 aliphatic heterocycles. The minimum absolute atomic E-state index is 0.0278. The lowest BCUT2D eigenvalue weighted by Gasteiger charge is -2.00. The fraction of sp³-hybridized carbons (Fsp3) is 0. The SMILES string of the molecule is Nc1nc2cc(Br)cc(F)c2c(=O)[nH]1. The zero-order valence-electron chi connectivity index (χ0n) is 6.84. The van der Waals surface area contributed by atoms with Gasteiger partial charge >= 0.3 is 0 Å². The fourth-order valence-corrected chi connectivity index (χ4v) is 1.63. The van der Waals surface area contributed by atoms with Crippen LogP contribution in [-0.2, 0) is 0 Å². The number of aromatic amines is 1. The average Bonchev–Trinajstić information content (AvgIpc) is 1.99. The highest BCUT2D eigenvalue weighted by Gasteiger charge is 2.08. The first kappa shape index (κ1) is 9.14. The van der Waals surface area contributed by atoms with E-state index in [4.69, 9.17) is 5.73 Å². The standard InChI is InChI=1S/C8H5BrFN3O/c9-3-1-4(10)6-5(2-3)12-8(11)13-7(6)14/h1-2H,(H3,11,12,13,14). The van der Waals surface area contributed by atoms with Crippen LogP contribution in [0.5, 0.6) is 0 Å². The molecule has 1 aromatic carbocycles. The molecule has 2 rings (SSSR count). The molecule has 4 nitrogen and oxygen atoms in total. The van der Waals surface area contributed by atoms with Crippen LogP contribution in [0.15, 0.2) is 21.4 Å². The molecule has 2 aromatic rings. The number of nitrogens with zero attached hydrogens (tertiary/aromatic N) is 1. The van der Waals surface area contributed by atoms with Gasteiger partial charge in [0, 0.05) is 4.47 Å². The fourth-order valence-electron chi connectivity index (χ4n) is 1.21. The number of hydrogen-bond acceptors (Lipinski definition) is 3. The first-order valence-corrected chi connectivity index (χ1v) is 4.52. The summed E-state index contributed by atoms with van der Waals surface area (Å²) >= 11 is 3.10. The predicted molar refractivity (Wildman–Crippen MR) is 54.4 cm³/mol. The van der Waals surface area contributed by atoms with Crippen molar-refractivity contribution in [2.75, 3.05) is 5.73 Å². The van der Waals surface area contributed by atoms with Gasteiger partial charge in [0.15, 0.2) is 0 Å². The van der Waals surface area contributed by atoms with Gasteiger partial charge in [0.25, 0.3) is 5.56 Å². The highest BCUT2D eigenvalue weighted by Crippen LogP contribution is 2.19. The zero-order valence-corrected chi connectivity index (χ0v) is 8.43. The Bertz CT molecular complexity index is 561. The molecule has 1 heterocycles. The minimum Gasteiger partial charge on any atom is -0.369 e. The van der Waals surface area contributed by atoms with E-state index in [0.717, 1.165) is 0 Å². The Morgan fingerprint density at radius 2 is 2.21 bits per heavy atom. The van der Waals surface area contributed by atoms with E-state index in [2.05, 4.69) is 25.9 Å². The largest absolute Gasteiger partial charge is 0.369 e. The lowest BCUT2D eigenvalue weighted by Crippen LogP contribution is -2.12. The maximum atomic E-state index is 13.3. The van der Waals surface area contributed by atoms with Crippen LogP contribution in [0.25, 0.3) is 10.9 Å². The van der Waals surface area contributed by atoms with E-state index in [9.17, 15) is 9.18 Å². The molecule has 72 valence electrons. The van der Waals surface area contributed by atoms with Gasteiger partial charge in [-0.25, -0.2) is 9.37 Å². The number of hydrogen-bond donors (Lipinski definition) is 2. The first-order valence-electron chi connectivity index (χ1n) is 3.72. The molecule has 0 spiro atoms. The van der Waals surface area contributed by atoms with Crippen molar-refractivity contribution in [1.29, 1.82) is 0 Å². The molecule has 0 fully saturated rings. The second-order valence-electron chi connectivity index (χ2n) is 2.73. The zero-order chi connectivity index (χ0) is 10.3.